The van der Waals surface area contributed by atoms with E-state index in [0.29, 0.717) is 5.57 Å². The molecule has 1 unspecified atom stereocenters. The molecule has 0 radical (unpaired) electrons. The fourth-order valence-electron chi connectivity index (χ4n) is 3.29. The highest BCUT2D eigenvalue weighted by Crippen LogP contribution is 2.44. The Labute approximate surface area is 144 Å². The lowest BCUT2D eigenvalue weighted by Gasteiger charge is -2.13. The Hall–Kier alpha value is -2.52. The van der Waals surface area contributed by atoms with Crippen LogP contribution in [-0.2, 0) is 0 Å². The van der Waals surface area contributed by atoms with Gasteiger partial charge in [-0.1, -0.05) is 42.5 Å². The maximum Gasteiger partial charge on any atom is 0.193 e. The lowest BCUT2D eigenvalue weighted by atomic mass is 9.89. The van der Waals surface area contributed by atoms with Gasteiger partial charge < -0.3 is 0 Å². The van der Waals surface area contributed by atoms with E-state index in [1.54, 1.807) is 17.4 Å². The second kappa shape index (κ2) is 5.84. The molecule has 1 aliphatic carbocycles. The molecule has 0 fully saturated rings. The molecule has 1 atom stereocenters. The number of aryl methyl sites for hydroxylation is 1. The molecule has 0 aliphatic heterocycles. The Morgan fingerprint density at radius 2 is 1.83 bits per heavy atom. The molecule has 24 heavy (non-hydrogen) atoms. The minimum Gasteiger partial charge on any atom is -0.289 e. The Morgan fingerprint density at radius 3 is 2.54 bits per heavy atom. The van der Waals surface area contributed by atoms with E-state index in [0.717, 1.165) is 21.6 Å². The zero-order valence-electron chi connectivity index (χ0n) is 13.1. The normalized spacial score (nSPS) is 18.2. The van der Waals surface area contributed by atoms with E-state index in [2.05, 4.69) is 0 Å². The number of rotatable bonds is 2. The largest absolute Gasteiger partial charge is 0.289 e. The van der Waals surface area contributed by atoms with Crippen LogP contribution in [0.4, 0.5) is 4.39 Å². The SMILES string of the molecule is Cc1ccsc1/C=C1\C(=O)c2c(F)cccc2C1c1ccccc1. The van der Waals surface area contributed by atoms with E-state index in [1.165, 1.54) is 6.07 Å². The number of fused-ring (bicyclic) bond motifs is 1. The molecule has 0 amide bonds. The first-order chi connectivity index (χ1) is 11.7. The van der Waals surface area contributed by atoms with Crippen molar-refractivity contribution in [2.24, 2.45) is 0 Å². The van der Waals surface area contributed by atoms with Gasteiger partial charge in [0.2, 0.25) is 0 Å². The first-order valence-electron chi connectivity index (χ1n) is 7.80. The van der Waals surface area contributed by atoms with Crippen molar-refractivity contribution in [3.63, 3.8) is 0 Å². The van der Waals surface area contributed by atoms with E-state index in [-0.39, 0.29) is 17.3 Å². The van der Waals surface area contributed by atoms with Gasteiger partial charge in [0, 0.05) is 16.4 Å². The zero-order valence-corrected chi connectivity index (χ0v) is 13.9. The van der Waals surface area contributed by atoms with Crippen molar-refractivity contribution in [1.29, 1.82) is 0 Å². The van der Waals surface area contributed by atoms with Crippen molar-refractivity contribution in [2.75, 3.05) is 0 Å². The molecule has 2 aromatic carbocycles. The van der Waals surface area contributed by atoms with E-state index in [9.17, 15) is 9.18 Å². The Balaban J connectivity index is 1.96. The molecule has 3 heteroatoms. The van der Waals surface area contributed by atoms with E-state index >= 15 is 0 Å². The van der Waals surface area contributed by atoms with Crippen LogP contribution in [0.3, 0.4) is 0 Å². The summed E-state index contributed by atoms with van der Waals surface area (Å²) in [5.41, 5.74) is 3.75. The first-order valence-corrected chi connectivity index (χ1v) is 8.68. The van der Waals surface area contributed by atoms with Gasteiger partial charge in [0.25, 0.3) is 0 Å². The predicted octanol–water partition coefficient (Wildman–Crippen LogP) is 5.61. The second-order valence-corrected chi connectivity index (χ2v) is 6.89. The highest BCUT2D eigenvalue weighted by atomic mass is 32.1. The molecule has 0 saturated carbocycles. The monoisotopic (exact) mass is 334 g/mol. The Kier molecular flexibility index (Phi) is 3.66. The number of carbonyl (C=O) groups is 1. The number of hydrogen-bond donors (Lipinski definition) is 0. The molecule has 1 heterocycles. The lowest BCUT2D eigenvalue weighted by molar-refractivity contribution is 0.103. The van der Waals surface area contributed by atoms with Crippen LogP contribution < -0.4 is 0 Å². The molecular weight excluding hydrogens is 319 g/mol. The molecule has 0 spiro atoms. The smallest absolute Gasteiger partial charge is 0.193 e. The van der Waals surface area contributed by atoms with Gasteiger partial charge in [-0.25, -0.2) is 4.39 Å². The average molecular weight is 334 g/mol. The molecule has 1 aliphatic rings. The molecule has 1 nitrogen and oxygen atoms in total. The molecule has 0 saturated heterocycles. The van der Waals surface area contributed by atoms with Crippen LogP contribution in [0, 0.1) is 12.7 Å². The third kappa shape index (κ3) is 2.33. The summed E-state index contributed by atoms with van der Waals surface area (Å²) in [4.78, 5) is 14.0. The fraction of sp³-hybridized carbons (Fsp3) is 0.0952. The van der Waals surface area contributed by atoms with Crippen LogP contribution in [0.1, 0.15) is 37.8 Å². The van der Waals surface area contributed by atoms with Crippen LogP contribution >= 0.6 is 11.3 Å². The summed E-state index contributed by atoms with van der Waals surface area (Å²) in [6, 6.07) is 16.8. The minimum absolute atomic E-state index is 0.204. The molecule has 0 bridgehead atoms. The van der Waals surface area contributed by atoms with Crippen LogP contribution in [0.15, 0.2) is 65.6 Å². The Bertz CT molecular complexity index is 953. The van der Waals surface area contributed by atoms with Crippen molar-refractivity contribution in [3.8, 4) is 0 Å². The summed E-state index contributed by atoms with van der Waals surface area (Å²) in [6.07, 6.45) is 1.93. The number of halogens is 1. The number of thiophene rings is 1. The quantitative estimate of drug-likeness (QED) is 0.557. The van der Waals surface area contributed by atoms with Crippen molar-refractivity contribution < 1.29 is 9.18 Å². The van der Waals surface area contributed by atoms with Gasteiger partial charge >= 0.3 is 0 Å². The summed E-state index contributed by atoms with van der Waals surface area (Å²) in [6.45, 7) is 2.02. The average Bonchev–Trinajstić information content (AvgIpc) is 3.12. The number of allylic oxidation sites excluding steroid dienone is 1. The highest BCUT2D eigenvalue weighted by molar-refractivity contribution is 7.11. The van der Waals surface area contributed by atoms with Crippen molar-refractivity contribution in [3.05, 3.63) is 98.5 Å². The summed E-state index contributed by atoms with van der Waals surface area (Å²) in [5.74, 6) is -0.861. The van der Waals surface area contributed by atoms with E-state index < -0.39 is 5.82 Å². The van der Waals surface area contributed by atoms with Gasteiger partial charge in [-0.15, -0.1) is 11.3 Å². The molecule has 118 valence electrons. The zero-order chi connectivity index (χ0) is 16.7. The standard InChI is InChI=1S/C21H15FOS/c1-13-10-11-24-18(13)12-16-19(14-6-3-2-4-7-14)15-8-5-9-17(22)20(15)21(16)23/h2-12,19H,1H3/b16-12-. The van der Waals surface area contributed by atoms with Gasteiger partial charge in [0.1, 0.15) is 5.82 Å². The maximum atomic E-state index is 14.3. The van der Waals surface area contributed by atoms with Gasteiger partial charge in [-0.05, 0) is 47.2 Å². The number of benzene rings is 2. The van der Waals surface area contributed by atoms with Crippen molar-refractivity contribution in [1.82, 2.24) is 0 Å². The first kappa shape index (κ1) is 15.0. The molecule has 4 rings (SSSR count). The third-order valence-corrected chi connectivity index (χ3v) is 5.44. The number of Topliss-reactive ketones (excluding diaryl/α,β-unsaturated/α-hetero) is 1. The number of hydrogen-bond acceptors (Lipinski definition) is 2. The number of carbonyl (C=O) groups excluding carboxylic acids is 1. The van der Waals surface area contributed by atoms with Crippen molar-refractivity contribution in [2.45, 2.75) is 12.8 Å². The topological polar surface area (TPSA) is 17.1 Å². The lowest BCUT2D eigenvalue weighted by Crippen LogP contribution is -2.02. The molecule has 3 aromatic rings. The van der Waals surface area contributed by atoms with Gasteiger partial charge in [0.15, 0.2) is 5.78 Å². The van der Waals surface area contributed by atoms with Gasteiger partial charge in [-0.2, -0.15) is 0 Å². The van der Waals surface area contributed by atoms with Crippen molar-refractivity contribution >= 4 is 23.2 Å². The molecule has 1 aromatic heterocycles. The summed E-state index contributed by atoms with van der Waals surface area (Å²) < 4.78 is 14.3. The summed E-state index contributed by atoms with van der Waals surface area (Å²) >= 11 is 1.60. The van der Waals surface area contributed by atoms with E-state index in [1.807, 2.05) is 60.8 Å². The predicted molar refractivity (Wildman–Crippen MR) is 96.0 cm³/mol. The minimum atomic E-state index is -0.440. The van der Waals surface area contributed by atoms with Gasteiger partial charge in [-0.3, -0.25) is 4.79 Å². The molecular formula is C21H15FOS. The van der Waals surface area contributed by atoms with E-state index in [4.69, 9.17) is 0 Å². The summed E-state index contributed by atoms with van der Waals surface area (Å²) in [5, 5.41) is 2.01. The van der Waals surface area contributed by atoms with Crippen LogP contribution in [0.5, 0.6) is 0 Å². The maximum absolute atomic E-state index is 14.3. The Morgan fingerprint density at radius 1 is 1.04 bits per heavy atom. The fourth-order valence-corrected chi connectivity index (χ4v) is 4.16. The second-order valence-electron chi connectivity index (χ2n) is 5.94. The van der Waals surface area contributed by atoms with Gasteiger partial charge in [0.05, 0.1) is 5.56 Å². The third-order valence-electron chi connectivity index (χ3n) is 4.48. The highest BCUT2D eigenvalue weighted by Gasteiger charge is 2.37. The molecule has 0 N–H and O–H groups in total. The summed E-state index contributed by atoms with van der Waals surface area (Å²) in [7, 11) is 0. The van der Waals surface area contributed by atoms with Crippen LogP contribution in [0.25, 0.3) is 6.08 Å². The number of ketones is 1. The van der Waals surface area contributed by atoms with Crippen LogP contribution in [-0.4, -0.2) is 5.78 Å². The van der Waals surface area contributed by atoms with Crippen LogP contribution in [0.2, 0.25) is 0 Å².